The number of rotatable bonds is 1. The summed E-state index contributed by atoms with van der Waals surface area (Å²) in [4.78, 5) is 4.57. The van der Waals surface area contributed by atoms with E-state index in [1.807, 2.05) is 6.92 Å². The number of fused-ring (bicyclic) bond motifs is 3. The lowest BCUT2D eigenvalue weighted by Crippen LogP contribution is -2.11. The molecule has 0 spiro atoms. The van der Waals surface area contributed by atoms with Gasteiger partial charge in [0, 0.05) is 0 Å². The Bertz CT molecular complexity index is 912. The van der Waals surface area contributed by atoms with E-state index in [4.69, 9.17) is 0 Å². The molecule has 4 rings (SSSR count). The van der Waals surface area contributed by atoms with Crippen molar-refractivity contribution in [3.63, 3.8) is 0 Å². The van der Waals surface area contributed by atoms with Gasteiger partial charge in [-0.1, -0.05) is 18.2 Å². The van der Waals surface area contributed by atoms with Gasteiger partial charge in [0.1, 0.15) is 0 Å². The van der Waals surface area contributed by atoms with E-state index < -0.39 is 23.5 Å². The second-order valence-corrected chi connectivity index (χ2v) is 8.13. The maximum absolute atomic E-state index is 13.1. The summed E-state index contributed by atoms with van der Waals surface area (Å²) in [6, 6.07) is 6.66. The smallest absolute Gasteiger partial charge is 0.274 e. The summed E-state index contributed by atoms with van der Waals surface area (Å²) in [6.07, 6.45) is -9.03. The van der Waals surface area contributed by atoms with Crippen LogP contribution in [0.25, 0.3) is 11.1 Å². The van der Waals surface area contributed by atoms with Gasteiger partial charge in [-0.2, -0.15) is 26.3 Å². The fraction of sp³-hybridized carbons (Fsp3) is 0.316. The number of aliphatic imine (C=N–C) groups is 1. The minimum absolute atomic E-state index is 0.0973. The van der Waals surface area contributed by atoms with Gasteiger partial charge in [-0.15, -0.1) is 11.8 Å². The largest absolute Gasteiger partial charge is 0.416 e. The zero-order chi connectivity index (χ0) is 19.6. The van der Waals surface area contributed by atoms with Crippen molar-refractivity contribution in [3.05, 3.63) is 58.7 Å². The molecule has 0 bridgehead atoms. The van der Waals surface area contributed by atoms with Crippen LogP contribution in [0.3, 0.4) is 0 Å². The lowest BCUT2D eigenvalue weighted by atomic mass is 9.96. The molecule has 1 aliphatic heterocycles. The van der Waals surface area contributed by atoms with E-state index in [-0.39, 0.29) is 22.3 Å². The molecule has 27 heavy (non-hydrogen) atoms. The van der Waals surface area contributed by atoms with Crippen molar-refractivity contribution < 1.29 is 26.3 Å². The molecule has 8 heteroatoms. The highest BCUT2D eigenvalue weighted by Crippen LogP contribution is 2.42. The third-order valence-electron chi connectivity index (χ3n) is 4.69. The van der Waals surface area contributed by atoms with E-state index in [2.05, 4.69) is 4.99 Å². The summed E-state index contributed by atoms with van der Waals surface area (Å²) in [7, 11) is 0. The van der Waals surface area contributed by atoms with Gasteiger partial charge in [-0.25, -0.2) is 0 Å². The number of nitrogens with zero attached hydrogens (tertiary/aromatic N) is 1. The molecular formula is C19H13F6NS. The van der Waals surface area contributed by atoms with Crippen LogP contribution in [0, 0.1) is 0 Å². The first kappa shape index (κ1) is 18.4. The van der Waals surface area contributed by atoms with Gasteiger partial charge in [0.05, 0.1) is 27.5 Å². The van der Waals surface area contributed by atoms with Crippen molar-refractivity contribution in [2.45, 2.75) is 36.3 Å². The van der Waals surface area contributed by atoms with Crippen LogP contribution in [0.2, 0.25) is 0 Å². The summed E-state index contributed by atoms with van der Waals surface area (Å²) in [5.41, 5.74) is 0.431. The molecule has 142 valence electrons. The Morgan fingerprint density at radius 3 is 2.11 bits per heavy atom. The summed E-state index contributed by atoms with van der Waals surface area (Å²) < 4.78 is 78.5. The highest BCUT2D eigenvalue weighted by atomic mass is 32.2. The molecular weight excluding hydrogens is 388 g/mol. The van der Waals surface area contributed by atoms with E-state index in [0.29, 0.717) is 12.0 Å². The second kappa shape index (κ2) is 6.02. The average Bonchev–Trinajstić information content (AvgIpc) is 3.07. The normalized spacial score (nSPS) is 21.8. The zero-order valence-electron chi connectivity index (χ0n) is 13.9. The lowest BCUT2D eigenvalue weighted by Gasteiger charge is -2.15. The van der Waals surface area contributed by atoms with E-state index >= 15 is 0 Å². The van der Waals surface area contributed by atoms with Crippen molar-refractivity contribution in [2.75, 3.05) is 0 Å². The molecule has 0 amide bonds. The molecule has 1 heterocycles. The molecule has 2 atom stereocenters. The van der Waals surface area contributed by atoms with Crippen LogP contribution in [0.1, 0.15) is 29.2 Å². The zero-order valence-corrected chi connectivity index (χ0v) is 14.8. The van der Waals surface area contributed by atoms with Crippen LogP contribution in [-0.4, -0.2) is 16.3 Å². The van der Waals surface area contributed by atoms with Gasteiger partial charge in [-0.05, 0) is 53.8 Å². The maximum Gasteiger partial charge on any atom is 0.416 e. The Balaban J connectivity index is 1.81. The molecule has 2 aromatic rings. The van der Waals surface area contributed by atoms with E-state index in [1.54, 1.807) is 30.0 Å². The van der Waals surface area contributed by atoms with E-state index in [1.165, 1.54) is 0 Å². The molecule has 0 N–H and O–H groups in total. The first-order chi connectivity index (χ1) is 12.5. The fourth-order valence-corrected chi connectivity index (χ4v) is 4.76. The highest BCUT2D eigenvalue weighted by molar-refractivity contribution is 8.01. The Hall–Kier alpha value is -1.96. The van der Waals surface area contributed by atoms with Gasteiger partial charge >= 0.3 is 12.4 Å². The number of halogens is 6. The van der Waals surface area contributed by atoms with Crippen LogP contribution >= 0.6 is 11.8 Å². The SMILES string of the molecule is CC1N=C2c3ccc(-c4cc(C(F)(F)F)cc(C(F)(F)F)c4)cc3CC2S1. The monoisotopic (exact) mass is 401 g/mol. The minimum Gasteiger partial charge on any atom is -0.274 e. The maximum atomic E-state index is 13.1. The standard InChI is InChI=1S/C19H13F6NS/c1-9-26-17-15-3-2-10(4-12(15)7-16(17)27-9)11-5-13(18(20,21)22)8-14(6-11)19(23,24)25/h2-6,8-9,16H,7H2,1H3. The molecule has 0 saturated carbocycles. The second-order valence-electron chi connectivity index (χ2n) is 6.61. The number of hydrogen-bond donors (Lipinski definition) is 0. The number of alkyl halides is 6. The van der Waals surface area contributed by atoms with E-state index in [9.17, 15) is 26.3 Å². The lowest BCUT2D eigenvalue weighted by molar-refractivity contribution is -0.143. The third-order valence-corrected chi connectivity index (χ3v) is 5.91. The Kier molecular flexibility index (Phi) is 4.10. The van der Waals surface area contributed by atoms with E-state index in [0.717, 1.165) is 29.0 Å². The first-order valence-electron chi connectivity index (χ1n) is 8.19. The molecule has 2 aromatic carbocycles. The molecule has 1 aliphatic carbocycles. The topological polar surface area (TPSA) is 12.4 Å². The predicted molar refractivity (Wildman–Crippen MR) is 93.0 cm³/mol. The quantitative estimate of drug-likeness (QED) is 0.519. The molecule has 0 fully saturated rings. The van der Waals surface area contributed by atoms with Crippen molar-refractivity contribution in [1.82, 2.24) is 0 Å². The summed E-state index contributed by atoms with van der Waals surface area (Å²) >= 11 is 1.70. The molecule has 0 aromatic heterocycles. The number of hydrogen-bond acceptors (Lipinski definition) is 2. The van der Waals surface area contributed by atoms with Crippen LogP contribution in [0.5, 0.6) is 0 Å². The van der Waals surface area contributed by atoms with Crippen molar-refractivity contribution in [2.24, 2.45) is 4.99 Å². The van der Waals surface area contributed by atoms with Gasteiger partial charge in [0.25, 0.3) is 0 Å². The highest BCUT2D eigenvalue weighted by Gasteiger charge is 2.38. The van der Waals surface area contributed by atoms with Crippen LogP contribution < -0.4 is 0 Å². The first-order valence-corrected chi connectivity index (χ1v) is 9.13. The minimum atomic E-state index is -4.86. The number of thioether (sulfide) groups is 1. The van der Waals surface area contributed by atoms with Crippen LogP contribution in [0.15, 0.2) is 41.4 Å². The summed E-state index contributed by atoms with van der Waals surface area (Å²) in [5.74, 6) is 0. The van der Waals surface area contributed by atoms with Gasteiger partial charge < -0.3 is 0 Å². The third kappa shape index (κ3) is 3.35. The van der Waals surface area contributed by atoms with Crippen molar-refractivity contribution in [3.8, 4) is 11.1 Å². The average molecular weight is 401 g/mol. The van der Waals surface area contributed by atoms with Crippen LogP contribution in [-0.2, 0) is 18.8 Å². The Labute approximate surface area is 155 Å². The Morgan fingerprint density at radius 2 is 1.52 bits per heavy atom. The molecule has 1 nitrogen and oxygen atoms in total. The number of benzene rings is 2. The summed E-state index contributed by atoms with van der Waals surface area (Å²) in [5, 5.41) is 0.369. The molecule has 0 radical (unpaired) electrons. The van der Waals surface area contributed by atoms with Gasteiger partial charge in [0.15, 0.2) is 0 Å². The van der Waals surface area contributed by atoms with Crippen LogP contribution in [0.4, 0.5) is 26.3 Å². The van der Waals surface area contributed by atoms with Crippen molar-refractivity contribution in [1.29, 1.82) is 0 Å². The van der Waals surface area contributed by atoms with Crippen molar-refractivity contribution >= 4 is 17.5 Å². The van der Waals surface area contributed by atoms with Gasteiger partial charge in [0.2, 0.25) is 0 Å². The molecule has 0 saturated heterocycles. The molecule has 2 unspecified atom stereocenters. The fourth-order valence-electron chi connectivity index (χ4n) is 3.51. The predicted octanol–water partition coefficient (Wildman–Crippen LogP) is 6.20. The Morgan fingerprint density at radius 1 is 0.889 bits per heavy atom. The summed E-state index contributed by atoms with van der Waals surface area (Å²) in [6.45, 7) is 1.99. The van der Waals surface area contributed by atoms with Gasteiger partial charge in [-0.3, -0.25) is 4.99 Å². The molecule has 2 aliphatic rings.